The lowest BCUT2D eigenvalue weighted by atomic mass is 9.91. The molecule has 6 nitrogen and oxygen atoms in total. The zero-order chi connectivity index (χ0) is 14.0. The second-order valence-electron chi connectivity index (χ2n) is 5.73. The van der Waals surface area contributed by atoms with Crippen LogP contribution in [0, 0.1) is 0 Å². The summed E-state index contributed by atoms with van der Waals surface area (Å²) < 4.78 is 25.3. The van der Waals surface area contributed by atoms with Gasteiger partial charge in [-0.05, 0) is 46.5 Å². The number of amides is 1. The first-order valence-electron chi connectivity index (χ1n) is 6.02. The predicted octanol–water partition coefficient (Wildman–Crippen LogP) is 1.33. The summed E-state index contributed by atoms with van der Waals surface area (Å²) in [5.74, 6) is 0. The summed E-state index contributed by atoms with van der Waals surface area (Å²) in [5.41, 5.74) is 5.28. The largest absolute Gasteiger partial charge is 0.444 e. The molecule has 0 aromatic rings. The Morgan fingerprint density at radius 3 is 2.33 bits per heavy atom. The van der Waals surface area contributed by atoms with Crippen LogP contribution in [0.5, 0.6) is 0 Å². The molecule has 1 fully saturated rings. The Balaban J connectivity index is 2.41. The van der Waals surface area contributed by atoms with Gasteiger partial charge in [0.05, 0.1) is 0 Å². The van der Waals surface area contributed by atoms with Crippen LogP contribution in [0.25, 0.3) is 0 Å². The minimum absolute atomic E-state index is 0.0416. The Kier molecular flexibility index (Phi) is 4.74. The third kappa shape index (κ3) is 4.55. The van der Waals surface area contributed by atoms with Gasteiger partial charge in [-0.25, -0.2) is 9.00 Å². The van der Waals surface area contributed by atoms with Crippen molar-refractivity contribution in [2.24, 2.45) is 5.73 Å². The minimum atomic E-state index is -2.03. The van der Waals surface area contributed by atoms with Crippen LogP contribution in [0.4, 0.5) is 4.79 Å². The highest BCUT2D eigenvalue weighted by molar-refractivity contribution is 7.80. The van der Waals surface area contributed by atoms with Crippen LogP contribution in [0.15, 0.2) is 0 Å². The van der Waals surface area contributed by atoms with Gasteiger partial charge in [0, 0.05) is 6.04 Å². The highest BCUT2D eigenvalue weighted by Crippen LogP contribution is 2.28. The van der Waals surface area contributed by atoms with Gasteiger partial charge in [-0.15, -0.1) is 0 Å². The molecule has 1 aliphatic rings. The molecule has 1 rings (SSSR count). The molecule has 0 bridgehead atoms. The van der Waals surface area contributed by atoms with E-state index in [4.69, 9.17) is 15.0 Å². The van der Waals surface area contributed by atoms with E-state index >= 15 is 0 Å². The van der Waals surface area contributed by atoms with Gasteiger partial charge in [0.25, 0.3) is 0 Å². The topological polar surface area (TPSA) is 102 Å². The monoisotopic (exact) mass is 278 g/mol. The molecule has 1 unspecified atom stereocenters. The molecule has 0 spiro atoms. The molecule has 0 aromatic heterocycles. The van der Waals surface area contributed by atoms with E-state index < -0.39 is 27.6 Å². The Bertz CT molecular complexity index is 332. The van der Waals surface area contributed by atoms with Crippen molar-refractivity contribution in [2.45, 2.75) is 63.0 Å². The fourth-order valence-electron chi connectivity index (χ4n) is 1.90. The summed E-state index contributed by atoms with van der Waals surface area (Å²) >= 11 is -2.03. The van der Waals surface area contributed by atoms with Gasteiger partial charge in [-0.3, -0.25) is 0 Å². The normalized spacial score (nSPS) is 30.6. The fraction of sp³-hybridized carbons (Fsp3) is 0.909. The van der Waals surface area contributed by atoms with E-state index in [1.165, 1.54) is 0 Å². The Morgan fingerprint density at radius 2 is 1.94 bits per heavy atom. The molecule has 1 saturated carbocycles. The molecule has 0 heterocycles. The maximum Gasteiger partial charge on any atom is 0.407 e. The van der Waals surface area contributed by atoms with Crippen LogP contribution >= 0.6 is 0 Å². The summed E-state index contributed by atoms with van der Waals surface area (Å²) in [6.07, 6.45) is 1.54. The second kappa shape index (κ2) is 5.54. The minimum Gasteiger partial charge on any atom is -0.444 e. The van der Waals surface area contributed by atoms with Crippen molar-refractivity contribution in [1.82, 2.24) is 5.32 Å². The Hall–Kier alpha value is -0.660. The lowest BCUT2D eigenvalue weighted by Crippen LogP contribution is -2.51. The highest BCUT2D eigenvalue weighted by atomic mass is 32.2. The standard InChI is InChI=1S/C11H22N2O4S/c1-10(2,3)17-9(14)13-8-4-6-11(12,7-5-8)18(15)16/h8H,4-7,12H2,1-3H3,(H,13,14)(H,15,16). The molecule has 4 N–H and O–H groups in total. The van der Waals surface area contributed by atoms with Crippen molar-refractivity contribution < 1.29 is 18.3 Å². The molecule has 18 heavy (non-hydrogen) atoms. The lowest BCUT2D eigenvalue weighted by molar-refractivity contribution is 0.0489. The SMILES string of the molecule is CC(C)(C)OC(=O)NC1CCC(N)(S(=O)O)CC1. The number of carbonyl (C=O) groups excluding carboxylic acids is 1. The molecule has 0 aromatic carbocycles. The summed E-state index contributed by atoms with van der Waals surface area (Å²) in [5, 5.41) is 2.75. The van der Waals surface area contributed by atoms with Crippen LogP contribution in [-0.2, 0) is 15.8 Å². The molecule has 106 valence electrons. The molecule has 1 aliphatic carbocycles. The van der Waals surface area contributed by atoms with Crippen LogP contribution in [0.3, 0.4) is 0 Å². The number of alkyl carbamates (subject to hydrolysis) is 1. The van der Waals surface area contributed by atoms with Crippen LogP contribution in [-0.4, -0.2) is 31.4 Å². The van der Waals surface area contributed by atoms with Gasteiger partial charge < -0.3 is 20.3 Å². The number of nitrogens with two attached hydrogens (primary N) is 1. The van der Waals surface area contributed by atoms with Crippen molar-refractivity contribution in [1.29, 1.82) is 0 Å². The van der Waals surface area contributed by atoms with E-state index in [1.54, 1.807) is 20.8 Å². The van der Waals surface area contributed by atoms with Gasteiger partial charge in [-0.2, -0.15) is 0 Å². The van der Waals surface area contributed by atoms with E-state index in [9.17, 15) is 9.00 Å². The number of ether oxygens (including phenoxy) is 1. The van der Waals surface area contributed by atoms with E-state index in [0.717, 1.165) is 0 Å². The smallest absolute Gasteiger partial charge is 0.407 e. The van der Waals surface area contributed by atoms with Gasteiger partial charge >= 0.3 is 6.09 Å². The molecule has 0 saturated heterocycles. The lowest BCUT2D eigenvalue weighted by Gasteiger charge is -2.34. The van der Waals surface area contributed by atoms with Crippen molar-refractivity contribution >= 4 is 17.2 Å². The van der Waals surface area contributed by atoms with E-state index in [2.05, 4.69) is 5.32 Å². The molecule has 0 radical (unpaired) electrons. The first-order valence-corrected chi connectivity index (χ1v) is 7.12. The van der Waals surface area contributed by atoms with Crippen LogP contribution < -0.4 is 11.1 Å². The first kappa shape index (κ1) is 15.4. The maximum absolute atomic E-state index is 11.5. The van der Waals surface area contributed by atoms with Crippen LogP contribution in [0.1, 0.15) is 46.5 Å². The van der Waals surface area contributed by atoms with Gasteiger partial charge in [-0.1, -0.05) is 0 Å². The first-order chi connectivity index (χ1) is 8.12. The number of hydrogen-bond donors (Lipinski definition) is 3. The average molecular weight is 278 g/mol. The van der Waals surface area contributed by atoms with E-state index in [1.807, 2.05) is 0 Å². The highest BCUT2D eigenvalue weighted by Gasteiger charge is 2.37. The zero-order valence-electron chi connectivity index (χ0n) is 11.1. The molecule has 0 aliphatic heterocycles. The van der Waals surface area contributed by atoms with Gasteiger partial charge in [0.15, 0.2) is 11.1 Å². The number of carbonyl (C=O) groups is 1. The number of nitrogens with one attached hydrogen (secondary N) is 1. The zero-order valence-corrected chi connectivity index (χ0v) is 11.9. The summed E-state index contributed by atoms with van der Waals surface area (Å²) in [7, 11) is 0. The number of hydrogen-bond acceptors (Lipinski definition) is 4. The van der Waals surface area contributed by atoms with Gasteiger partial charge in [0.2, 0.25) is 0 Å². The Morgan fingerprint density at radius 1 is 1.44 bits per heavy atom. The molecular weight excluding hydrogens is 256 g/mol. The van der Waals surface area contributed by atoms with Gasteiger partial charge in [0.1, 0.15) is 10.5 Å². The molecular formula is C11H22N2O4S. The Labute approximate surface area is 110 Å². The van der Waals surface area contributed by atoms with E-state index in [-0.39, 0.29) is 6.04 Å². The fourth-order valence-corrected chi connectivity index (χ4v) is 2.48. The average Bonchev–Trinajstić information content (AvgIpc) is 2.18. The van der Waals surface area contributed by atoms with Crippen LogP contribution in [0.2, 0.25) is 0 Å². The van der Waals surface area contributed by atoms with Crippen molar-refractivity contribution in [3.63, 3.8) is 0 Å². The van der Waals surface area contributed by atoms with Crippen molar-refractivity contribution in [2.75, 3.05) is 0 Å². The van der Waals surface area contributed by atoms with E-state index in [0.29, 0.717) is 25.7 Å². The molecule has 1 amide bonds. The molecule has 1 atom stereocenters. The summed E-state index contributed by atoms with van der Waals surface area (Å²) in [6.45, 7) is 5.40. The number of rotatable bonds is 2. The third-order valence-electron chi connectivity index (χ3n) is 2.90. The second-order valence-corrected chi connectivity index (χ2v) is 7.05. The quantitative estimate of drug-likeness (QED) is 0.661. The van der Waals surface area contributed by atoms with Crippen molar-refractivity contribution in [3.8, 4) is 0 Å². The molecule has 7 heteroatoms. The summed E-state index contributed by atoms with van der Waals surface area (Å²) in [4.78, 5) is 10.5. The maximum atomic E-state index is 11.5. The predicted molar refractivity (Wildman–Crippen MR) is 69.3 cm³/mol. The summed E-state index contributed by atoms with van der Waals surface area (Å²) in [6, 6.07) is -0.0416. The third-order valence-corrected chi connectivity index (χ3v) is 4.00. The van der Waals surface area contributed by atoms with Crippen molar-refractivity contribution in [3.05, 3.63) is 0 Å².